The fourth-order valence-electron chi connectivity index (χ4n) is 2.83. The lowest BCUT2D eigenvalue weighted by atomic mass is 9.85. The van der Waals surface area contributed by atoms with E-state index in [2.05, 4.69) is 30.7 Å². The number of carboxylic acids is 1. The molecule has 0 amide bonds. The molecule has 0 saturated carbocycles. The van der Waals surface area contributed by atoms with Gasteiger partial charge in [0.05, 0.1) is 17.4 Å². The van der Waals surface area contributed by atoms with Crippen LogP contribution in [-0.2, 0) is 0 Å². The molecule has 1 aliphatic rings. The van der Waals surface area contributed by atoms with E-state index >= 15 is 0 Å². The van der Waals surface area contributed by atoms with Crippen molar-refractivity contribution in [2.24, 2.45) is 11.8 Å². The molecule has 2 heterocycles. The van der Waals surface area contributed by atoms with E-state index in [0.29, 0.717) is 23.4 Å². The van der Waals surface area contributed by atoms with Crippen molar-refractivity contribution >= 4 is 11.7 Å². The standard InChI is InChI=1S/C14H20N2O2/c1-9-6-10(2)11(3)16(8-9)13-7-15-5-4-12(13)14(17)18/h4-5,7,9-11H,6,8H2,1-3H3,(H,17,18). The number of aromatic nitrogens is 1. The molecule has 1 saturated heterocycles. The Morgan fingerprint density at radius 3 is 2.83 bits per heavy atom. The molecule has 0 radical (unpaired) electrons. The number of piperidine rings is 1. The second kappa shape index (κ2) is 4.96. The van der Waals surface area contributed by atoms with Crippen molar-refractivity contribution in [2.45, 2.75) is 33.2 Å². The highest BCUT2D eigenvalue weighted by Gasteiger charge is 2.30. The third-order valence-corrected chi connectivity index (χ3v) is 3.94. The van der Waals surface area contributed by atoms with Crippen LogP contribution in [0.3, 0.4) is 0 Å². The van der Waals surface area contributed by atoms with Crippen LogP contribution >= 0.6 is 0 Å². The van der Waals surface area contributed by atoms with Gasteiger partial charge in [0.2, 0.25) is 0 Å². The van der Waals surface area contributed by atoms with E-state index in [-0.39, 0.29) is 0 Å². The molecule has 1 fully saturated rings. The van der Waals surface area contributed by atoms with E-state index in [0.717, 1.165) is 12.2 Å². The summed E-state index contributed by atoms with van der Waals surface area (Å²) in [6.45, 7) is 7.50. The summed E-state index contributed by atoms with van der Waals surface area (Å²) in [5, 5.41) is 9.26. The van der Waals surface area contributed by atoms with Gasteiger partial charge in [-0.1, -0.05) is 13.8 Å². The summed E-state index contributed by atoms with van der Waals surface area (Å²) < 4.78 is 0. The Kier molecular flexibility index (Phi) is 3.55. The van der Waals surface area contributed by atoms with Crippen LogP contribution in [0.2, 0.25) is 0 Å². The van der Waals surface area contributed by atoms with Gasteiger partial charge >= 0.3 is 5.97 Å². The van der Waals surface area contributed by atoms with E-state index < -0.39 is 5.97 Å². The average Bonchev–Trinajstić information content (AvgIpc) is 2.33. The van der Waals surface area contributed by atoms with E-state index in [1.165, 1.54) is 12.6 Å². The normalized spacial score (nSPS) is 28.2. The van der Waals surface area contributed by atoms with Crippen molar-refractivity contribution in [3.8, 4) is 0 Å². The first-order valence-electron chi connectivity index (χ1n) is 6.44. The molecule has 1 N–H and O–H groups in total. The van der Waals surface area contributed by atoms with Gasteiger partial charge in [-0.3, -0.25) is 4.98 Å². The SMILES string of the molecule is CC1CC(C)C(C)N(c2cnccc2C(=O)O)C1. The molecule has 1 aromatic rings. The highest BCUT2D eigenvalue weighted by Crippen LogP contribution is 2.32. The van der Waals surface area contributed by atoms with Crippen LogP contribution in [0, 0.1) is 11.8 Å². The van der Waals surface area contributed by atoms with Gasteiger partial charge < -0.3 is 10.0 Å². The Morgan fingerprint density at radius 1 is 1.44 bits per heavy atom. The van der Waals surface area contributed by atoms with Crippen molar-refractivity contribution < 1.29 is 9.90 Å². The lowest BCUT2D eigenvalue weighted by Gasteiger charge is -2.42. The Balaban J connectivity index is 2.38. The van der Waals surface area contributed by atoms with Gasteiger partial charge in [0.15, 0.2) is 0 Å². The molecular weight excluding hydrogens is 228 g/mol. The molecule has 4 nitrogen and oxygen atoms in total. The minimum absolute atomic E-state index is 0.346. The van der Waals surface area contributed by atoms with Crippen LogP contribution in [0.15, 0.2) is 18.5 Å². The molecule has 3 unspecified atom stereocenters. The van der Waals surface area contributed by atoms with E-state index in [1.54, 1.807) is 12.3 Å². The molecular formula is C14H20N2O2. The van der Waals surface area contributed by atoms with Crippen LogP contribution < -0.4 is 4.90 Å². The number of hydrogen-bond acceptors (Lipinski definition) is 3. The fourth-order valence-corrected chi connectivity index (χ4v) is 2.83. The molecule has 4 heteroatoms. The first-order valence-corrected chi connectivity index (χ1v) is 6.44. The number of nitrogens with zero attached hydrogens (tertiary/aromatic N) is 2. The van der Waals surface area contributed by atoms with Gasteiger partial charge in [0.25, 0.3) is 0 Å². The first-order chi connectivity index (χ1) is 8.50. The molecule has 98 valence electrons. The zero-order valence-electron chi connectivity index (χ0n) is 11.1. The molecule has 0 spiro atoms. The highest BCUT2D eigenvalue weighted by molar-refractivity contribution is 5.94. The smallest absolute Gasteiger partial charge is 0.337 e. The average molecular weight is 248 g/mol. The Hall–Kier alpha value is -1.58. The highest BCUT2D eigenvalue weighted by atomic mass is 16.4. The van der Waals surface area contributed by atoms with Crippen LogP contribution in [-0.4, -0.2) is 28.6 Å². The topological polar surface area (TPSA) is 53.4 Å². The molecule has 3 atom stereocenters. The summed E-state index contributed by atoms with van der Waals surface area (Å²) in [4.78, 5) is 17.6. The van der Waals surface area contributed by atoms with Crippen LogP contribution in [0.4, 0.5) is 5.69 Å². The summed E-state index contributed by atoms with van der Waals surface area (Å²) in [6.07, 6.45) is 4.40. The lowest BCUT2D eigenvalue weighted by Crippen LogP contribution is -2.46. The van der Waals surface area contributed by atoms with Crippen LogP contribution in [0.5, 0.6) is 0 Å². The van der Waals surface area contributed by atoms with Gasteiger partial charge in [0, 0.05) is 18.8 Å². The molecule has 1 aromatic heterocycles. The van der Waals surface area contributed by atoms with E-state index in [4.69, 9.17) is 0 Å². The summed E-state index contributed by atoms with van der Waals surface area (Å²) in [7, 11) is 0. The molecule has 1 aliphatic heterocycles. The maximum atomic E-state index is 11.3. The molecule has 0 aromatic carbocycles. The largest absolute Gasteiger partial charge is 0.478 e. The monoisotopic (exact) mass is 248 g/mol. The second-order valence-corrected chi connectivity index (χ2v) is 5.41. The van der Waals surface area contributed by atoms with Crippen molar-refractivity contribution in [3.05, 3.63) is 24.0 Å². The summed E-state index contributed by atoms with van der Waals surface area (Å²) in [5.41, 5.74) is 1.09. The van der Waals surface area contributed by atoms with Gasteiger partial charge in [-0.15, -0.1) is 0 Å². The number of hydrogen-bond donors (Lipinski definition) is 1. The third-order valence-electron chi connectivity index (χ3n) is 3.94. The number of anilines is 1. The Morgan fingerprint density at radius 2 is 2.17 bits per heavy atom. The van der Waals surface area contributed by atoms with Gasteiger partial charge in [-0.25, -0.2) is 4.79 Å². The Labute approximate surface area is 108 Å². The Bertz CT molecular complexity index is 447. The lowest BCUT2D eigenvalue weighted by molar-refractivity contribution is 0.0697. The van der Waals surface area contributed by atoms with Crippen molar-refractivity contribution in [3.63, 3.8) is 0 Å². The minimum Gasteiger partial charge on any atom is -0.478 e. The van der Waals surface area contributed by atoms with E-state index in [9.17, 15) is 9.90 Å². The van der Waals surface area contributed by atoms with Crippen LogP contribution in [0.25, 0.3) is 0 Å². The fraction of sp³-hybridized carbons (Fsp3) is 0.571. The minimum atomic E-state index is -0.884. The summed E-state index contributed by atoms with van der Waals surface area (Å²) in [5.74, 6) is 0.263. The second-order valence-electron chi connectivity index (χ2n) is 5.41. The molecule has 0 bridgehead atoms. The number of carbonyl (C=O) groups is 1. The van der Waals surface area contributed by atoms with Crippen molar-refractivity contribution in [1.82, 2.24) is 4.98 Å². The number of carboxylic acid groups (broad SMARTS) is 1. The molecule has 0 aliphatic carbocycles. The predicted molar refractivity (Wildman–Crippen MR) is 70.9 cm³/mol. The maximum absolute atomic E-state index is 11.3. The van der Waals surface area contributed by atoms with Gasteiger partial charge in [0.1, 0.15) is 0 Å². The van der Waals surface area contributed by atoms with Crippen LogP contribution in [0.1, 0.15) is 37.6 Å². The first kappa shape index (κ1) is 12.9. The number of aromatic carboxylic acids is 1. The molecule has 2 rings (SSSR count). The molecule has 18 heavy (non-hydrogen) atoms. The zero-order chi connectivity index (χ0) is 13.3. The predicted octanol–water partition coefficient (Wildman–Crippen LogP) is 2.65. The van der Waals surface area contributed by atoms with Gasteiger partial charge in [-0.2, -0.15) is 0 Å². The number of pyridine rings is 1. The van der Waals surface area contributed by atoms with Crippen molar-refractivity contribution in [2.75, 3.05) is 11.4 Å². The number of rotatable bonds is 2. The van der Waals surface area contributed by atoms with E-state index in [1.807, 2.05) is 0 Å². The third kappa shape index (κ3) is 2.33. The summed E-state index contributed by atoms with van der Waals surface area (Å²) >= 11 is 0. The quantitative estimate of drug-likeness (QED) is 0.874. The maximum Gasteiger partial charge on any atom is 0.337 e. The zero-order valence-corrected chi connectivity index (χ0v) is 11.1. The van der Waals surface area contributed by atoms with Crippen molar-refractivity contribution in [1.29, 1.82) is 0 Å². The summed E-state index contributed by atoms with van der Waals surface area (Å²) in [6, 6.07) is 1.93. The van der Waals surface area contributed by atoms with Gasteiger partial charge in [-0.05, 0) is 31.2 Å².